The van der Waals surface area contributed by atoms with E-state index in [0.29, 0.717) is 18.7 Å². The zero-order chi connectivity index (χ0) is 20.6. The minimum atomic E-state index is -3.93. The first kappa shape index (κ1) is 19.8. The van der Waals surface area contributed by atoms with Crippen molar-refractivity contribution in [2.75, 3.05) is 17.8 Å². The molecule has 1 aromatic carbocycles. The Kier molecular flexibility index (Phi) is 5.28. The molecule has 1 aliphatic heterocycles. The minimum Gasteiger partial charge on any atom is -0.334 e. The van der Waals surface area contributed by atoms with Crippen molar-refractivity contribution in [1.82, 2.24) is 15.0 Å². The Labute approximate surface area is 174 Å². The number of nitrogens with one attached hydrogen (secondary N) is 1. The lowest BCUT2D eigenvalue weighted by Crippen LogP contribution is -2.27. The minimum absolute atomic E-state index is 0.00910. The van der Waals surface area contributed by atoms with Gasteiger partial charge < -0.3 is 9.42 Å². The largest absolute Gasteiger partial charge is 0.334 e. The number of hydrogen-bond acceptors (Lipinski definition) is 7. The van der Waals surface area contributed by atoms with Crippen LogP contribution in [0.15, 0.2) is 38.4 Å². The average Bonchev–Trinajstić information content (AvgIpc) is 3.44. The molecule has 2 aromatic heterocycles. The zero-order valence-electron chi connectivity index (χ0n) is 14.8. The standard InChI is InChI=1S/C17H14ClFN4O4S2/c18-12-8-11(3-4-13(12)19)22-29(25,26)14-7-10(9-28-14)15-20-16(27-21-15)17(24)23-5-1-2-6-23/h3-4,7-9,22H,1-2,5-6H2. The second-order valence-corrected chi connectivity index (χ2v) is 9.54. The van der Waals surface area contributed by atoms with E-state index >= 15 is 0 Å². The molecule has 0 atom stereocenters. The van der Waals surface area contributed by atoms with E-state index < -0.39 is 15.8 Å². The van der Waals surface area contributed by atoms with E-state index in [-0.39, 0.29) is 32.5 Å². The van der Waals surface area contributed by atoms with Crippen molar-refractivity contribution in [3.63, 3.8) is 0 Å². The number of likely N-dealkylation sites (tertiary alicyclic amines) is 1. The molecule has 1 amide bonds. The van der Waals surface area contributed by atoms with Crippen LogP contribution in [0.25, 0.3) is 11.4 Å². The smallest absolute Gasteiger partial charge is 0.316 e. The Bertz CT molecular complexity index is 1170. The fourth-order valence-corrected chi connectivity index (χ4v) is 5.21. The van der Waals surface area contributed by atoms with Gasteiger partial charge in [-0.05, 0) is 37.1 Å². The summed E-state index contributed by atoms with van der Waals surface area (Å²) in [6.07, 6.45) is 1.87. The number of halogens is 2. The van der Waals surface area contributed by atoms with E-state index in [2.05, 4.69) is 14.9 Å². The second kappa shape index (κ2) is 7.73. The topological polar surface area (TPSA) is 105 Å². The van der Waals surface area contributed by atoms with E-state index in [1.807, 2.05) is 0 Å². The third-order valence-corrected chi connectivity index (χ3v) is 7.38. The molecule has 0 radical (unpaired) electrons. The van der Waals surface area contributed by atoms with Crippen molar-refractivity contribution in [3.8, 4) is 11.4 Å². The molecule has 8 nitrogen and oxygen atoms in total. The Morgan fingerprint density at radius 1 is 1.28 bits per heavy atom. The molecule has 0 spiro atoms. The van der Waals surface area contributed by atoms with Crippen LogP contribution in [0, 0.1) is 5.82 Å². The van der Waals surface area contributed by atoms with Crippen LogP contribution in [0.5, 0.6) is 0 Å². The number of hydrogen-bond donors (Lipinski definition) is 1. The van der Waals surface area contributed by atoms with E-state index in [1.54, 1.807) is 10.3 Å². The summed E-state index contributed by atoms with van der Waals surface area (Å²) >= 11 is 6.63. The zero-order valence-corrected chi connectivity index (χ0v) is 17.2. The summed E-state index contributed by atoms with van der Waals surface area (Å²) in [4.78, 5) is 18.0. The molecule has 1 aliphatic rings. The molecular formula is C17H14ClFN4O4S2. The third kappa shape index (κ3) is 4.11. The van der Waals surface area contributed by atoms with Crippen molar-refractivity contribution in [2.45, 2.75) is 17.1 Å². The van der Waals surface area contributed by atoms with Crippen molar-refractivity contribution in [1.29, 1.82) is 0 Å². The molecule has 1 N–H and O–H groups in total. The van der Waals surface area contributed by atoms with E-state index in [9.17, 15) is 17.6 Å². The molecule has 3 aromatic rings. The van der Waals surface area contributed by atoms with Crippen molar-refractivity contribution in [2.24, 2.45) is 0 Å². The van der Waals surface area contributed by atoms with Crippen LogP contribution in [-0.4, -0.2) is 42.5 Å². The average molecular weight is 457 g/mol. The number of anilines is 1. The number of aromatic nitrogens is 2. The first-order valence-corrected chi connectivity index (χ1v) is 11.3. The van der Waals surface area contributed by atoms with Crippen LogP contribution >= 0.6 is 22.9 Å². The van der Waals surface area contributed by atoms with E-state index in [1.165, 1.54) is 18.2 Å². The monoisotopic (exact) mass is 456 g/mol. The van der Waals surface area contributed by atoms with Gasteiger partial charge in [0.1, 0.15) is 10.0 Å². The highest BCUT2D eigenvalue weighted by atomic mass is 35.5. The van der Waals surface area contributed by atoms with Gasteiger partial charge in [-0.1, -0.05) is 16.8 Å². The first-order valence-electron chi connectivity index (χ1n) is 8.53. The maximum Gasteiger partial charge on any atom is 0.316 e. The molecule has 0 saturated carbocycles. The Hall–Kier alpha value is -2.50. The SMILES string of the molecule is O=C(c1nc(-c2csc(S(=O)(=O)Nc3ccc(F)c(Cl)c3)c2)no1)N1CCCC1. The van der Waals surface area contributed by atoms with Gasteiger partial charge in [0.05, 0.1) is 10.7 Å². The third-order valence-electron chi connectivity index (χ3n) is 4.27. The molecule has 3 heterocycles. The maximum atomic E-state index is 13.2. The fraction of sp³-hybridized carbons (Fsp3) is 0.235. The number of carbonyl (C=O) groups excluding carboxylic acids is 1. The maximum absolute atomic E-state index is 13.2. The molecule has 0 unspecified atom stereocenters. The van der Waals surface area contributed by atoms with Crippen LogP contribution in [0.3, 0.4) is 0 Å². The molecular weight excluding hydrogens is 443 g/mol. The number of amides is 1. The van der Waals surface area contributed by atoms with Crippen molar-refractivity contribution < 1.29 is 22.1 Å². The van der Waals surface area contributed by atoms with Crippen LogP contribution in [-0.2, 0) is 10.0 Å². The van der Waals surface area contributed by atoms with Crippen molar-refractivity contribution >= 4 is 44.6 Å². The van der Waals surface area contributed by atoms with Crippen LogP contribution in [0.2, 0.25) is 5.02 Å². The Morgan fingerprint density at radius 2 is 2.03 bits per heavy atom. The highest BCUT2D eigenvalue weighted by molar-refractivity contribution is 7.94. The van der Waals surface area contributed by atoms with Gasteiger partial charge in [-0.15, -0.1) is 11.3 Å². The Morgan fingerprint density at radius 3 is 2.76 bits per heavy atom. The summed E-state index contributed by atoms with van der Waals surface area (Å²) in [6, 6.07) is 4.88. The number of nitrogens with zero attached hydrogens (tertiary/aromatic N) is 3. The number of sulfonamides is 1. The summed E-state index contributed by atoms with van der Waals surface area (Å²) in [5.74, 6) is -0.991. The van der Waals surface area contributed by atoms with E-state index in [4.69, 9.17) is 16.1 Å². The van der Waals surface area contributed by atoms with Gasteiger partial charge in [0.25, 0.3) is 10.0 Å². The van der Waals surface area contributed by atoms with Gasteiger partial charge in [0, 0.05) is 24.0 Å². The number of benzene rings is 1. The number of thiophene rings is 1. The quantitative estimate of drug-likeness (QED) is 0.628. The molecule has 29 heavy (non-hydrogen) atoms. The van der Waals surface area contributed by atoms with Crippen LogP contribution in [0.1, 0.15) is 23.5 Å². The predicted molar refractivity (Wildman–Crippen MR) is 105 cm³/mol. The molecule has 12 heteroatoms. The normalized spacial score (nSPS) is 14.3. The highest BCUT2D eigenvalue weighted by Gasteiger charge is 2.26. The second-order valence-electron chi connectivity index (χ2n) is 6.31. The number of rotatable bonds is 5. The molecule has 4 rings (SSSR count). The summed E-state index contributed by atoms with van der Waals surface area (Å²) < 4.78 is 45.8. The molecule has 0 aliphatic carbocycles. The lowest BCUT2D eigenvalue weighted by Gasteiger charge is -2.10. The fourth-order valence-electron chi connectivity index (χ4n) is 2.82. The molecule has 0 bridgehead atoms. The lowest BCUT2D eigenvalue weighted by molar-refractivity contribution is 0.0743. The summed E-state index contributed by atoms with van der Waals surface area (Å²) in [7, 11) is -3.93. The molecule has 1 fully saturated rings. The molecule has 152 valence electrons. The highest BCUT2D eigenvalue weighted by Crippen LogP contribution is 2.29. The van der Waals surface area contributed by atoms with Gasteiger partial charge in [0.2, 0.25) is 5.82 Å². The summed E-state index contributed by atoms with van der Waals surface area (Å²) in [5, 5.41) is 5.13. The van der Waals surface area contributed by atoms with Crippen LogP contribution < -0.4 is 4.72 Å². The van der Waals surface area contributed by atoms with Gasteiger partial charge >= 0.3 is 11.8 Å². The van der Waals surface area contributed by atoms with Gasteiger partial charge in [-0.25, -0.2) is 12.8 Å². The van der Waals surface area contributed by atoms with Gasteiger partial charge in [-0.3, -0.25) is 9.52 Å². The van der Waals surface area contributed by atoms with Gasteiger partial charge in [0.15, 0.2) is 0 Å². The number of carbonyl (C=O) groups is 1. The van der Waals surface area contributed by atoms with Crippen molar-refractivity contribution in [3.05, 3.63) is 46.4 Å². The summed E-state index contributed by atoms with van der Waals surface area (Å²) in [5.41, 5.74) is 0.529. The Balaban J connectivity index is 1.53. The first-order chi connectivity index (χ1) is 13.8. The van der Waals surface area contributed by atoms with Crippen LogP contribution in [0.4, 0.5) is 10.1 Å². The predicted octanol–water partition coefficient (Wildman–Crippen LogP) is 3.63. The van der Waals surface area contributed by atoms with Gasteiger partial charge in [-0.2, -0.15) is 4.98 Å². The lowest BCUT2D eigenvalue weighted by atomic mass is 10.3. The summed E-state index contributed by atoms with van der Waals surface area (Å²) in [6.45, 7) is 1.30. The molecule has 1 saturated heterocycles. The van der Waals surface area contributed by atoms with E-state index in [0.717, 1.165) is 30.2 Å².